The Balaban J connectivity index is 1.38. The van der Waals surface area contributed by atoms with Crippen LogP contribution in [0, 0.1) is 6.92 Å². The first-order valence-corrected chi connectivity index (χ1v) is 17.6. The van der Waals surface area contributed by atoms with Crippen LogP contribution in [-0.2, 0) is 11.3 Å². The second kappa shape index (κ2) is 15.6. The number of nitrogens with zero attached hydrogens (tertiary/aromatic N) is 3. The molecule has 4 aromatic rings. The second-order valence-electron chi connectivity index (χ2n) is 12.3. The van der Waals surface area contributed by atoms with Crippen molar-refractivity contribution in [3.8, 4) is 5.75 Å². The Hall–Kier alpha value is -3.86. The Labute approximate surface area is 295 Å². The first-order valence-electron chi connectivity index (χ1n) is 16.4. The van der Waals surface area contributed by atoms with E-state index in [4.69, 9.17) is 22.1 Å². The molecule has 9 nitrogen and oxygen atoms in total. The Morgan fingerprint density at radius 1 is 1.04 bits per heavy atom. The van der Waals surface area contributed by atoms with Gasteiger partial charge >= 0.3 is 0 Å². The molecule has 0 unspecified atom stereocenters. The SMILES string of the molecule is CCN(Cc1cc(C(=O)NCCN(C(C)=O)c2c(C)n(C(=O)c3ccc(Cl)cc3)c3ccc(OC)cc23)cc(Br)c1N)C1CCCCC1. The number of nitrogens with one attached hydrogen (secondary N) is 1. The van der Waals surface area contributed by atoms with Gasteiger partial charge in [0.25, 0.3) is 11.8 Å². The number of benzene rings is 3. The molecule has 11 heteroatoms. The Morgan fingerprint density at radius 3 is 2.40 bits per heavy atom. The molecule has 0 radical (unpaired) electrons. The molecule has 1 saturated carbocycles. The van der Waals surface area contributed by atoms with E-state index in [1.165, 1.54) is 39.0 Å². The van der Waals surface area contributed by atoms with Crippen molar-refractivity contribution < 1.29 is 19.1 Å². The summed E-state index contributed by atoms with van der Waals surface area (Å²) in [6, 6.07) is 16.2. The maximum Gasteiger partial charge on any atom is 0.262 e. The smallest absolute Gasteiger partial charge is 0.262 e. The van der Waals surface area contributed by atoms with Crippen LogP contribution in [0.1, 0.15) is 77.9 Å². The molecule has 1 heterocycles. The number of carbonyl (C=O) groups is 3. The predicted molar refractivity (Wildman–Crippen MR) is 196 cm³/mol. The molecule has 5 rings (SSSR count). The lowest BCUT2D eigenvalue weighted by Gasteiger charge is -2.34. The number of hydrogen-bond acceptors (Lipinski definition) is 6. The van der Waals surface area contributed by atoms with Crippen molar-refractivity contribution in [2.45, 2.75) is 65.5 Å². The van der Waals surface area contributed by atoms with E-state index in [1.807, 2.05) is 25.1 Å². The number of hydrogen-bond donors (Lipinski definition) is 2. The van der Waals surface area contributed by atoms with Crippen LogP contribution in [0.4, 0.5) is 11.4 Å². The number of amides is 2. The van der Waals surface area contributed by atoms with Crippen molar-refractivity contribution in [2.75, 3.05) is 37.4 Å². The molecule has 48 heavy (non-hydrogen) atoms. The van der Waals surface area contributed by atoms with Crippen LogP contribution >= 0.6 is 27.5 Å². The Bertz CT molecular complexity index is 1820. The number of nitrogen functional groups attached to an aromatic ring is 1. The summed E-state index contributed by atoms with van der Waals surface area (Å²) in [5.74, 6) is -0.156. The Kier molecular flexibility index (Phi) is 11.5. The minimum atomic E-state index is -0.264. The number of halogens is 2. The van der Waals surface area contributed by atoms with Crippen LogP contribution in [0.5, 0.6) is 5.75 Å². The molecule has 1 aliphatic rings. The molecule has 0 saturated heterocycles. The van der Waals surface area contributed by atoms with E-state index >= 15 is 0 Å². The highest BCUT2D eigenvalue weighted by Crippen LogP contribution is 2.37. The molecule has 3 aromatic carbocycles. The lowest BCUT2D eigenvalue weighted by Crippen LogP contribution is -2.38. The fraction of sp³-hybridized carbons (Fsp3) is 0.378. The van der Waals surface area contributed by atoms with Crippen LogP contribution in [0.3, 0.4) is 0 Å². The summed E-state index contributed by atoms with van der Waals surface area (Å²) in [5, 5.41) is 4.20. The van der Waals surface area contributed by atoms with Gasteiger partial charge < -0.3 is 20.7 Å². The van der Waals surface area contributed by atoms with Gasteiger partial charge in [0, 0.05) is 64.3 Å². The third-order valence-electron chi connectivity index (χ3n) is 9.29. The van der Waals surface area contributed by atoms with E-state index in [1.54, 1.807) is 53.0 Å². The number of rotatable bonds is 11. The quantitative estimate of drug-likeness (QED) is 0.154. The van der Waals surface area contributed by atoms with Crippen LogP contribution in [0.2, 0.25) is 5.02 Å². The maximum atomic E-state index is 13.8. The summed E-state index contributed by atoms with van der Waals surface area (Å²) in [6.07, 6.45) is 6.14. The van der Waals surface area contributed by atoms with E-state index in [9.17, 15) is 14.4 Å². The number of aromatic nitrogens is 1. The van der Waals surface area contributed by atoms with Gasteiger partial charge in [0.2, 0.25) is 5.91 Å². The van der Waals surface area contributed by atoms with Gasteiger partial charge in [-0.05, 0) is 102 Å². The minimum absolute atomic E-state index is 0.181. The van der Waals surface area contributed by atoms with E-state index < -0.39 is 0 Å². The van der Waals surface area contributed by atoms with Crippen LogP contribution in [0.25, 0.3) is 10.9 Å². The molecule has 1 aromatic heterocycles. The lowest BCUT2D eigenvalue weighted by molar-refractivity contribution is -0.116. The third-order valence-corrected chi connectivity index (χ3v) is 10.2. The number of nitrogens with two attached hydrogens (primary N) is 1. The number of carbonyl (C=O) groups excluding carboxylic acids is 3. The first-order chi connectivity index (χ1) is 23.0. The topological polar surface area (TPSA) is 110 Å². The van der Waals surface area contributed by atoms with Crippen molar-refractivity contribution in [2.24, 2.45) is 0 Å². The maximum absolute atomic E-state index is 13.8. The summed E-state index contributed by atoms with van der Waals surface area (Å²) >= 11 is 9.64. The third kappa shape index (κ3) is 7.56. The average Bonchev–Trinajstić information content (AvgIpc) is 3.37. The second-order valence-corrected chi connectivity index (χ2v) is 13.6. The molecule has 0 spiro atoms. The molecule has 2 amide bonds. The average molecular weight is 737 g/mol. The van der Waals surface area contributed by atoms with E-state index in [2.05, 4.69) is 33.1 Å². The van der Waals surface area contributed by atoms with Gasteiger partial charge in [0.15, 0.2) is 0 Å². The van der Waals surface area contributed by atoms with E-state index in [-0.39, 0.29) is 30.8 Å². The van der Waals surface area contributed by atoms with Gasteiger partial charge in [0.05, 0.1) is 24.0 Å². The van der Waals surface area contributed by atoms with Crippen LogP contribution < -0.4 is 20.7 Å². The molecule has 0 atom stereocenters. The van der Waals surface area contributed by atoms with Crippen molar-refractivity contribution in [3.63, 3.8) is 0 Å². The molecule has 3 N–H and O–H groups in total. The fourth-order valence-electron chi connectivity index (χ4n) is 6.74. The molecule has 0 bridgehead atoms. The molecule has 1 aliphatic carbocycles. The van der Waals surface area contributed by atoms with Gasteiger partial charge in [-0.1, -0.05) is 37.8 Å². The molecular weight excluding hydrogens is 694 g/mol. The summed E-state index contributed by atoms with van der Waals surface area (Å²) in [4.78, 5) is 44.5. The number of fused-ring (bicyclic) bond motifs is 1. The normalized spacial score (nSPS) is 13.6. The zero-order chi connectivity index (χ0) is 34.5. The van der Waals surface area contributed by atoms with Gasteiger partial charge in [0.1, 0.15) is 5.75 Å². The van der Waals surface area contributed by atoms with Crippen molar-refractivity contribution in [3.05, 3.63) is 86.5 Å². The standard InChI is InChI=1S/C37H43BrClN5O4/c1-5-42(29-9-7-6-8-10-29)22-27-19-26(20-32(38)34(27)40)36(46)41-17-18-43(24(3)45)35-23(2)44(33-16-15-30(48-4)21-31(33)35)37(47)25-11-13-28(39)14-12-25/h11-16,19-21,29H,5-10,17-18,22,40H2,1-4H3,(H,41,46). The molecular formula is C37H43BrClN5O4. The van der Waals surface area contributed by atoms with Crippen molar-refractivity contribution >= 4 is 67.5 Å². The van der Waals surface area contributed by atoms with Gasteiger partial charge in [-0.15, -0.1) is 0 Å². The number of ether oxygens (including phenoxy) is 1. The fourth-order valence-corrected chi connectivity index (χ4v) is 7.37. The molecule has 254 valence electrons. The van der Waals surface area contributed by atoms with Crippen molar-refractivity contribution in [1.82, 2.24) is 14.8 Å². The zero-order valence-corrected chi connectivity index (χ0v) is 30.3. The van der Waals surface area contributed by atoms with Gasteiger partial charge in [-0.3, -0.25) is 23.9 Å². The number of methoxy groups -OCH3 is 1. The molecule has 1 fully saturated rings. The Morgan fingerprint density at radius 2 is 1.75 bits per heavy atom. The van der Waals surface area contributed by atoms with Gasteiger partial charge in [-0.25, -0.2) is 0 Å². The highest BCUT2D eigenvalue weighted by Gasteiger charge is 2.27. The van der Waals surface area contributed by atoms with Crippen LogP contribution in [-0.4, -0.2) is 60.0 Å². The monoisotopic (exact) mass is 735 g/mol. The zero-order valence-electron chi connectivity index (χ0n) is 27.9. The summed E-state index contributed by atoms with van der Waals surface area (Å²) < 4.78 is 7.77. The minimum Gasteiger partial charge on any atom is -0.497 e. The van der Waals surface area contributed by atoms with Crippen LogP contribution in [0.15, 0.2) is 59.1 Å². The highest BCUT2D eigenvalue weighted by molar-refractivity contribution is 9.10. The highest BCUT2D eigenvalue weighted by atomic mass is 79.9. The summed E-state index contributed by atoms with van der Waals surface area (Å²) in [6.45, 7) is 7.39. The van der Waals surface area contributed by atoms with Gasteiger partial charge in [-0.2, -0.15) is 0 Å². The van der Waals surface area contributed by atoms with Crippen molar-refractivity contribution in [1.29, 1.82) is 0 Å². The largest absolute Gasteiger partial charge is 0.497 e. The first kappa shape index (κ1) is 35.4. The summed E-state index contributed by atoms with van der Waals surface area (Å²) in [5.41, 5.74) is 10.8. The van der Waals surface area contributed by atoms with E-state index in [0.717, 1.165) is 12.1 Å². The molecule has 0 aliphatic heterocycles. The summed E-state index contributed by atoms with van der Waals surface area (Å²) in [7, 11) is 1.57. The lowest BCUT2D eigenvalue weighted by atomic mass is 9.93. The number of anilines is 2. The predicted octanol–water partition coefficient (Wildman–Crippen LogP) is 7.58. The van der Waals surface area contributed by atoms with E-state index in [0.29, 0.717) is 66.9 Å².